The molecule has 1 aromatic carbocycles. The fraction of sp³-hybridized carbons (Fsp3) is 0.455. The maximum Gasteiger partial charge on any atom is 0.455 e. The zero-order valence-electron chi connectivity index (χ0n) is 8.81. The zero-order valence-corrected chi connectivity index (χ0v) is 8.81. The van der Waals surface area contributed by atoms with Crippen molar-refractivity contribution in [1.82, 2.24) is 0 Å². The summed E-state index contributed by atoms with van der Waals surface area (Å²) in [4.78, 5) is 0. The summed E-state index contributed by atoms with van der Waals surface area (Å²) in [5.41, 5.74) is 2.48. The first-order valence-electron chi connectivity index (χ1n) is 5.22. The first-order chi connectivity index (χ1) is 7.20. The van der Waals surface area contributed by atoms with Crippen molar-refractivity contribution < 1.29 is 14.8 Å². The number of ether oxygens (including phenoxy) is 1. The molecule has 0 aromatic heterocycles. The van der Waals surface area contributed by atoms with Crippen LogP contribution >= 0.6 is 0 Å². The topological polar surface area (TPSA) is 49.7 Å². The molecule has 0 radical (unpaired) electrons. The third-order valence-electron chi connectivity index (χ3n) is 3.10. The van der Waals surface area contributed by atoms with Crippen LogP contribution in [-0.2, 0) is 12.8 Å². The Kier molecular flexibility index (Phi) is 2.98. The van der Waals surface area contributed by atoms with E-state index in [1.165, 1.54) is 11.1 Å². The number of fused-ring (bicyclic) bond motifs is 1. The molecule has 0 heterocycles. The van der Waals surface area contributed by atoms with E-state index in [1.807, 2.05) is 12.1 Å². The molecule has 0 bridgehead atoms. The maximum absolute atomic E-state index is 9.15. The van der Waals surface area contributed by atoms with Gasteiger partial charge in [-0.1, -0.05) is 6.07 Å². The highest BCUT2D eigenvalue weighted by atomic mass is 16.5. The van der Waals surface area contributed by atoms with Crippen molar-refractivity contribution in [3.05, 3.63) is 29.3 Å². The van der Waals surface area contributed by atoms with E-state index < -0.39 is 7.12 Å². The lowest BCUT2D eigenvalue weighted by Crippen LogP contribution is -2.25. The van der Waals surface area contributed by atoms with Crippen molar-refractivity contribution in [2.45, 2.75) is 25.1 Å². The smallest absolute Gasteiger partial charge is 0.455 e. The number of hydrogen-bond acceptors (Lipinski definition) is 3. The molecule has 1 aliphatic rings. The first-order valence-corrected chi connectivity index (χ1v) is 5.22. The first kappa shape index (κ1) is 10.5. The Bertz CT molecular complexity index is 352. The maximum atomic E-state index is 9.15. The third kappa shape index (κ3) is 2.16. The predicted molar refractivity (Wildman–Crippen MR) is 59.0 cm³/mol. The summed E-state index contributed by atoms with van der Waals surface area (Å²) >= 11 is 0. The lowest BCUT2D eigenvalue weighted by atomic mass is 9.64. The molecule has 0 amide bonds. The van der Waals surface area contributed by atoms with Gasteiger partial charge < -0.3 is 14.8 Å². The fourth-order valence-electron chi connectivity index (χ4n) is 2.14. The number of benzene rings is 1. The molecule has 3 nitrogen and oxygen atoms in total. The molecule has 0 saturated carbocycles. The summed E-state index contributed by atoms with van der Waals surface area (Å²) in [7, 11) is 0.437. The van der Waals surface area contributed by atoms with Gasteiger partial charge in [0.15, 0.2) is 0 Å². The average Bonchev–Trinajstić information content (AvgIpc) is 2.27. The molecule has 1 aromatic rings. The molecule has 4 heteroatoms. The molecular formula is C11H15BO3. The van der Waals surface area contributed by atoms with Gasteiger partial charge in [-0.3, -0.25) is 0 Å². The summed E-state index contributed by atoms with van der Waals surface area (Å²) in [6, 6.07) is 6.01. The number of rotatable bonds is 2. The molecule has 15 heavy (non-hydrogen) atoms. The van der Waals surface area contributed by atoms with E-state index in [2.05, 4.69) is 6.07 Å². The summed E-state index contributed by atoms with van der Waals surface area (Å²) < 4.78 is 5.15. The second-order valence-corrected chi connectivity index (χ2v) is 4.05. The van der Waals surface area contributed by atoms with Crippen molar-refractivity contribution in [3.8, 4) is 5.75 Å². The van der Waals surface area contributed by atoms with Crippen molar-refractivity contribution in [2.75, 3.05) is 7.11 Å². The van der Waals surface area contributed by atoms with Crippen LogP contribution in [0.3, 0.4) is 0 Å². The molecule has 80 valence electrons. The van der Waals surface area contributed by atoms with Crippen molar-refractivity contribution in [2.24, 2.45) is 0 Å². The molecule has 0 saturated heterocycles. The van der Waals surface area contributed by atoms with Crippen molar-refractivity contribution >= 4 is 7.12 Å². The minimum absolute atomic E-state index is 0.0374. The van der Waals surface area contributed by atoms with Gasteiger partial charge in [0.2, 0.25) is 0 Å². The molecule has 0 unspecified atom stereocenters. The monoisotopic (exact) mass is 206 g/mol. The summed E-state index contributed by atoms with van der Waals surface area (Å²) in [6.07, 6.45) is 2.49. The lowest BCUT2D eigenvalue weighted by molar-refractivity contribution is 0.373. The largest absolute Gasteiger partial charge is 0.497 e. The second kappa shape index (κ2) is 4.25. The van der Waals surface area contributed by atoms with Gasteiger partial charge in [-0.05, 0) is 48.3 Å². The molecule has 0 fully saturated rings. The van der Waals surface area contributed by atoms with Crippen LogP contribution in [-0.4, -0.2) is 24.3 Å². The Morgan fingerprint density at radius 2 is 2.13 bits per heavy atom. The predicted octanol–water partition coefficient (Wildman–Crippen LogP) is 1.03. The van der Waals surface area contributed by atoms with Crippen LogP contribution in [0.25, 0.3) is 0 Å². The van der Waals surface area contributed by atoms with E-state index >= 15 is 0 Å². The van der Waals surface area contributed by atoms with Crippen LogP contribution in [0.2, 0.25) is 5.82 Å². The van der Waals surface area contributed by atoms with Crippen LogP contribution in [0.4, 0.5) is 0 Å². The van der Waals surface area contributed by atoms with Crippen LogP contribution < -0.4 is 4.74 Å². The van der Waals surface area contributed by atoms with Crippen LogP contribution in [0, 0.1) is 0 Å². The zero-order chi connectivity index (χ0) is 10.8. The van der Waals surface area contributed by atoms with Gasteiger partial charge in [-0.2, -0.15) is 0 Å². The molecular weight excluding hydrogens is 191 g/mol. The van der Waals surface area contributed by atoms with E-state index in [-0.39, 0.29) is 5.82 Å². The van der Waals surface area contributed by atoms with Crippen LogP contribution in [0.5, 0.6) is 5.75 Å². The van der Waals surface area contributed by atoms with Crippen LogP contribution in [0.1, 0.15) is 17.5 Å². The average molecular weight is 206 g/mol. The fourth-order valence-corrected chi connectivity index (χ4v) is 2.14. The molecule has 1 atom stereocenters. The highest BCUT2D eigenvalue weighted by Gasteiger charge is 2.27. The van der Waals surface area contributed by atoms with Crippen LogP contribution in [0.15, 0.2) is 18.2 Å². The van der Waals surface area contributed by atoms with E-state index in [4.69, 9.17) is 14.8 Å². The van der Waals surface area contributed by atoms with Crippen molar-refractivity contribution in [1.29, 1.82) is 0 Å². The second-order valence-electron chi connectivity index (χ2n) is 4.05. The van der Waals surface area contributed by atoms with E-state index in [1.54, 1.807) is 7.11 Å². The number of hydrogen-bond donors (Lipinski definition) is 2. The molecule has 2 N–H and O–H groups in total. The summed E-state index contributed by atoms with van der Waals surface area (Å²) in [5, 5.41) is 18.3. The summed E-state index contributed by atoms with van der Waals surface area (Å²) in [6.45, 7) is 0. The van der Waals surface area contributed by atoms with Gasteiger partial charge in [0.25, 0.3) is 0 Å². The normalized spacial score (nSPS) is 19.5. The van der Waals surface area contributed by atoms with Gasteiger partial charge in [-0.25, -0.2) is 0 Å². The molecule has 0 aliphatic heterocycles. The Hall–Kier alpha value is -0.995. The van der Waals surface area contributed by atoms with Gasteiger partial charge in [-0.15, -0.1) is 0 Å². The Balaban J connectivity index is 2.23. The van der Waals surface area contributed by atoms with E-state index in [0.717, 1.165) is 25.0 Å². The Morgan fingerprint density at radius 1 is 1.33 bits per heavy atom. The highest BCUT2D eigenvalue weighted by molar-refractivity contribution is 6.43. The van der Waals surface area contributed by atoms with E-state index in [9.17, 15) is 0 Å². The SMILES string of the molecule is COc1ccc2c(c1)C[C@H](B(O)O)CC2. The van der Waals surface area contributed by atoms with Gasteiger partial charge in [0.1, 0.15) is 5.75 Å². The molecule has 0 spiro atoms. The quantitative estimate of drug-likeness (QED) is 0.710. The van der Waals surface area contributed by atoms with Crippen molar-refractivity contribution in [3.63, 3.8) is 0 Å². The molecule has 1 aliphatic carbocycles. The third-order valence-corrected chi connectivity index (χ3v) is 3.10. The highest BCUT2D eigenvalue weighted by Crippen LogP contribution is 2.32. The van der Waals surface area contributed by atoms with E-state index in [0.29, 0.717) is 0 Å². The number of methoxy groups -OCH3 is 1. The lowest BCUT2D eigenvalue weighted by Gasteiger charge is -2.24. The minimum atomic E-state index is -1.20. The van der Waals surface area contributed by atoms with Gasteiger partial charge in [0.05, 0.1) is 7.11 Å². The standard InChI is InChI=1S/C11H15BO3/c1-15-11-5-3-8-2-4-10(12(13)14)6-9(8)7-11/h3,5,7,10,13-14H,2,4,6H2,1H3/t10-/m1/s1. The van der Waals surface area contributed by atoms with Gasteiger partial charge >= 0.3 is 7.12 Å². The number of aryl methyl sites for hydroxylation is 1. The molecule has 2 rings (SSSR count). The Morgan fingerprint density at radius 3 is 2.80 bits per heavy atom. The summed E-state index contributed by atoms with van der Waals surface area (Å²) in [5.74, 6) is 0.798. The minimum Gasteiger partial charge on any atom is -0.497 e. The van der Waals surface area contributed by atoms with Gasteiger partial charge in [0, 0.05) is 0 Å². The Labute approximate surface area is 89.8 Å².